The molecule has 0 amide bonds. The number of nitrogens with zero attached hydrogens (tertiary/aromatic N) is 4. The van der Waals surface area contributed by atoms with Crippen LogP contribution in [0, 0.1) is 6.92 Å². The van der Waals surface area contributed by atoms with Crippen molar-refractivity contribution in [2.45, 2.75) is 51.7 Å². The maximum Gasteiger partial charge on any atom is 0.159 e. The lowest BCUT2D eigenvalue weighted by Crippen LogP contribution is -2.10. The third-order valence-corrected chi connectivity index (χ3v) is 7.03. The van der Waals surface area contributed by atoms with Crippen LogP contribution < -0.4 is 0 Å². The van der Waals surface area contributed by atoms with Crippen LogP contribution in [-0.4, -0.2) is 50.1 Å². The predicted molar refractivity (Wildman–Crippen MR) is 115 cm³/mol. The summed E-state index contributed by atoms with van der Waals surface area (Å²) in [7, 11) is -0.517. The van der Waals surface area contributed by atoms with Gasteiger partial charge >= 0.3 is 0 Å². The van der Waals surface area contributed by atoms with E-state index in [1.807, 2.05) is 6.20 Å². The molecule has 1 aliphatic rings. The van der Waals surface area contributed by atoms with Gasteiger partial charge in [0, 0.05) is 29.8 Å². The minimum absolute atomic E-state index is 0.517. The van der Waals surface area contributed by atoms with Gasteiger partial charge in [-0.15, -0.1) is 0 Å². The Morgan fingerprint density at radius 1 is 1.11 bits per heavy atom. The lowest BCUT2D eigenvalue weighted by atomic mass is 9.87. The molecule has 0 aromatic carbocycles. The standard InChI is InChI=1S/C21H32N4OS/c1-16-14-24(15-26-10-11-27(2,3)4)21-20(16)25-18(12-22-19(25)13-23-21)17-8-6-5-7-9-17/h12-14,17H,5-11,15H2,1-4H3. The first-order valence-corrected chi connectivity index (χ1v) is 13.0. The molecular formula is C21H32N4OS. The van der Waals surface area contributed by atoms with Crippen LogP contribution in [0.25, 0.3) is 16.8 Å². The van der Waals surface area contributed by atoms with E-state index >= 15 is 0 Å². The first kappa shape index (κ1) is 18.8. The maximum absolute atomic E-state index is 5.98. The Labute approximate surface area is 163 Å². The molecule has 0 bridgehead atoms. The number of hydrogen-bond donors (Lipinski definition) is 0. The number of fused-ring (bicyclic) bond motifs is 3. The largest absolute Gasteiger partial charge is 0.360 e. The molecule has 3 aromatic heterocycles. The van der Waals surface area contributed by atoms with Crippen LogP contribution in [0.1, 0.15) is 49.3 Å². The fourth-order valence-electron chi connectivity index (χ4n) is 4.17. The van der Waals surface area contributed by atoms with Gasteiger partial charge in [0.25, 0.3) is 0 Å². The molecule has 0 aliphatic heterocycles. The SMILES string of the molecule is Cc1cn(COCCS(C)(C)C)c2ncc3ncc(C4CCCCC4)n3c12. The first-order chi connectivity index (χ1) is 12.9. The molecule has 0 spiro atoms. The molecule has 4 rings (SSSR count). The second-order valence-corrected chi connectivity index (χ2v) is 13.3. The minimum atomic E-state index is -0.517. The summed E-state index contributed by atoms with van der Waals surface area (Å²) in [6.07, 6.45) is 19.7. The van der Waals surface area contributed by atoms with Crippen molar-refractivity contribution in [1.29, 1.82) is 0 Å². The molecule has 3 aromatic rings. The van der Waals surface area contributed by atoms with Crippen LogP contribution in [0.2, 0.25) is 0 Å². The molecule has 3 heterocycles. The second kappa shape index (κ2) is 7.47. The molecule has 5 nitrogen and oxygen atoms in total. The quantitative estimate of drug-likeness (QED) is 0.575. The third kappa shape index (κ3) is 3.87. The zero-order chi connectivity index (χ0) is 19.0. The summed E-state index contributed by atoms with van der Waals surface area (Å²) in [5.74, 6) is 1.75. The molecule has 0 saturated heterocycles. The van der Waals surface area contributed by atoms with Crippen molar-refractivity contribution in [2.75, 3.05) is 31.1 Å². The van der Waals surface area contributed by atoms with E-state index in [1.165, 1.54) is 48.9 Å². The third-order valence-electron chi connectivity index (χ3n) is 5.64. The molecule has 0 N–H and O–H groups in total. The Morgan fingerprint density at radius 2 is 1.89 bits per heavy atom. The van der Waals surface area contributed by atoms with E-state index in [-0.39, 0.29) is 0 Å². The normalized spacial score (nSPS) is 17.2. The van der Waals surface area contributed by atoms with Gasteiger partial charge in [-0.2, -0.15) is 0 Å². The Morgan fingerprint density at radius 3 is 2.63 bits per heavy atom. The van der Waals surface area contributed by atoms with Crippen LogP contribution in [0.4, 0.5) is 0 Å². The zero-order valence-corrected chi connectivity index (χ0v) is 17.9. The molecule has 1 fully saturated rings. The van der Waals surface area contributed by atoms with Gasteiger partial charge in [-0.3, -0.25) is 4.40 Å². The Kier molecular flexibility index (Phi) is 5.21. The summed E-state index contributed by atoms with van der Waals surface area (Å²) >= 11 is 0. The lowest BCUT2D eigenvalue weighted by molar-refractivity contribution is 0.0923. The van der Waals surface area contributed by atoms with E-state index in [4.69, 9.17) is 9.72 Å². The summed E-state index contributed by atoms with van der Waals surface area (Å²) in [6.45, 7) is 3.54. The average Bonchev–Trinajstić information content (AvgIpc) is 3.20. The molecular weight excluding hydrogens is 356 g/mol. The summed E-state index contributed by atoms with van der Waals surface area (Å²) in [4.78, 5) is 9.38. The highest BCUT2D eigenvalue weighted by molar-refractivity contribution is 8.32. The van der Waals surface area contributed by atoms with Crippen molar-refractivity contribution >= 4 is 26.8 Å². The first-order valence-electron chi connectivity index (χ1n) is 9.99. The minimum Gasteiger partial charge on any atom is -0.360 e. The molecule has 0 unspecified atom stereocenters. The molecule has 6 heteroatoms. The monoisotopic (exact) mass is 388 g/mol. The van der Waals surface area contributed by atoms with E-state index in [9.17, 15) is 0 Å². The van der Waals surface area contributed by atoms with E-state index in [0.717, 1.165) is 23.7 Å². The molecule has 27 heavy (non-hydrogen) atoms. The molecule has 1 saturated carbocycles. The number of rotatable bonds is 6. The summed E-state index contributed by atoms with van der Waals surface area (Å²) < 4.78 is 10.5. The smallest absolute Gasteiger partial charge is 0.159 e. The van der Waals surface area contributed by atoms with Crippen molar-refractivity contribution < 1.29 is 4.74 Å². The summed E-state index contributed by atoms with van der Waals surface area (Å²) in [6, 6.07) is 0. The molecule has 1 aliphatic carbocycles. The van der Waals surface area contributed by atoms with Crippen LogP contribution in [0.3, 0.4) is 0 Å². The van der Waals surface area contributed by atoms with Crippen molar-refractivity contribution in [3.63, 3.8) is 0 Å². The van der Waals surface area contributed by atoms with Gasteiger partial charge in [0.2, 0.25) is 0 Å². The van der Waals surface area contributed by atoms with Gasteiger partial charge < -0.3 is 9.30 Å². The number of aromatic nitrogens is 4. The van der Waals surface area contributed by atoms with Gasteiger partial charge in [-0.1, -0.05) is 19.3 Å². The number of hydrogen-bond acceptors (Lipinski definition) is 3. The highest BCUT2D eigenvalue weighted by Gasteiger charge is 2.22. The van der Waals surface area contributed by atoms with Crippen LogP contribution in [-0.2, 0) is 11.5 Å². The fraction of sp³-hybridized carbons (Fsp3) is 0.619. The van der Waals surface area contributed by atoms with Crippen LogP contribution in [0.15, 0.2) is 18.6 Å². The van der Waals surface area contributed by atoms with Gasteiger partial charge in [0.05, 0.1) is 18.3 Å². The number of ether oxygens (including phenoxy) is 1. The van der Waals surface area contributed by atoms with Gasteiger partial charge in [0.1, 0.15) is 6.73 Å². The van der Waals surface area contributed by atoms with E-state index in [2.05, 4.69) is 52.0 Å². The Hall–Kier alpha value is -1.53. The highest BCUT2D eigenvalue weighted by atomic mass is 32.3. The topological polar surface area (TPSA) is 44.3 Å². The predicted octanol–water partition coefficient (Wildman–Crippen LogP) is 4.71. The van der Waals surface area contributed by atoms with Gasteiger partial charge in [0.15, 0.2) is 11.3 Å². The summed E-state index contributed by atoms with van der Waals surface area (Å²) in [5.41, 5.74) is 5.74. The van der Waals surface area contributed by atoms with E-state index in [1.54, 1.807) is 0 Å². The van der Waals surface area contributed by atoms with Crippen molar-refractivity contribution in [3.8, 4) is 0 Å². The molecule has 0 atom stereocenters. The lowest BCUT2D eigenvalue weighted by Gasteiger charge is -2.24. The maximum atomic E-state index is 5.98. The van der Waals surface area contributed by atoms with Crippen molar-refractivity contribution in [3.05, 3.63) is 29.8 Å². The summed E-state index contributed by atoms with van der Waals surface area (Å²) in [5, 5.41) is 0. The second-order valence-electron chi connectivity index (χ2n) is 8.76. The Balaban J connectivity index is 1.66. The number of aryl methyl sites for hydroxylation is 1. The van der Waals surface area contributed by atoms with Crippen LogP contribution >= 0.6 is 10.0 Å². The number of imidazole rings is 1. The Bertz CT molecular complexity index is 931. The average molecular weight is 389 g/mol. The van der Waals surface area contributed by atoms with E-state index < -0.39 is 10.0 Å². The molecule has 0 radical (unpaired) electrons. The van der Waals surface area contributed by atoms with Gasteiger partial charge in [-0.05, 0) is 44.1 Å². The highest BCUT2D eigenvalue weighted by Crippen LogP contribution is 2.35. The van der Waals surface area contributed by atoms with E-state index in [0.29, 0.717) is 12.6 Å². The van der Waals surface area contributed by atoms with Crippen molar-refractivity contribution in [2.24, 2.45) is 0 Å². The van der Waals surface area contributed by atoms with Crippen LogP contribution in [0.5, 0.6) is 0 Å². The molecule has 148 valence electrons. The van der Waals surface area contributed by atoms with Gasteiger partial charge in [-0.25, -0.2) is 20.0 Å². The fourth-order valence-corrected chi connectivity index (χ4v) is 4.79. The zero-order valence-electron chi connectivity index (χ0n) is 17.1. The van der Waals surface area contributed by atoms with Crippen molar-refractivity contribution in [1.82, 2.24) is 18.9 Å².